The van der Waals surface area contributed by atoms with Crippen molar-refractivity contribution in [3.63, 3.8) is 0 Å². The normalized spacial score (nSPS) is 18.6. The quantitative estimate of drug-likeness (QED) is 0.0261. The zero-order valence-corrected chi connectivity index (χ0v) is 57.4. The first kappa shape index (κ1) is 83.6. The van der Waals surface area contributed by atoms with Crippen LogP contribution in [0.2, 0.25) is 0 Å². The van der Waals surface area contributed by atoms with E-state index in [-0.39, 0.29) is 12.5 Å². The summed E-state index contributed by atoms with van der Waals surface area (Å²) in [7, 11) is 0. The van der Waals surface area contributed by atoms with Gasteiger partial charge in [-0.3, -0.25) is 4.79 Å². The molecular formula is C80H139NO8. The largest absolute Gasteiger partial charge is 0.394 e. The highest BCUT2D eigenvalue weighted by Gasteiger charge is 2.44. The number of hydrogen-bond acceptors (Lipinski definition) is 8. The molecule has 0 saturated carbocycles. The van der Waals surface area contributed by atoms with Crippen molar-refractivity contribution in [3.05, 3.63) is 122 Å². The molecule has 512 valence electrons. The number of carbonyl (C=O) groups is 1. The predicted molar refractivity (Wildman–Crippen MR) is 382 cm³/mol. The Morgan fingerprint density at radius 2 is 0.697 bits per heavy atom. The van der Waals surface area contributed by atoms with Crippen molar-refractivity contribution in [3.8, 4) is 0 Å². The summed E-state index contributed by atoms with van der Waals surface area (Å²) in [6.07, 6.45) is 94.2. The Hall–Kier alpha value is -3.41. The molecule has 0 aromatic rings. The van der Waals surface area contributed by atoms with Gasteiger partial charge in [0.1, 0.15) is 24.4 Å². The SMILES string of the molecule is CC/C=C\C/C=C\C/C=C\C/C=C\C/C=C\C/C=C\C/C=C\C/C=C\C/C=C\C/C=C\CCCCCCC(=O)NC(COC1OC(CO)C(O)C(O)C1O)C(O)CCCCCCCCCCCCCCCCCCCCCCCCCCCCCCCCC. The van der Waals surface area contributed by atoms with E-state index < -0.39 is 49.5 Å². The van der Waals surface area contributed by atoms with Crippen molar-refractivity contribution < 1.29 is 39.8 Å². The molecule has 1 amide bonds. The van der Waals surface area contributed by atoms with Gasteiger partial charge in [-0.2, -0.15) is 0 Å². The molecule has 0 bridgehead atoms. The molecule has 9 heteroatoms. The van der Waals surface area contributed by atoms with Crippen molar-refractivity contribution in [2.45, 2.75) is 365 Å². The monoisotopic (exact) mass is 1240 g/mol. The van der Waals surface area contributed by atoms with Gasteiger partial charge in [0.15, 0.2) is 6.29 Å². The smallest absolute Gasteiger partial charge is 0.220 e. The average molecular weight is 1240 g/mol. The molecule has 9 nitrogen and oxygen atoms in total. The second kappa shape index (κ2) is 67.5. The van der Waals surface area contributed by atoms with E-state index in [0.717, 1.165) is 116 Å². The molecule has 1 aliphatic heterocycles. The topological polar surface area (TPSA) is 149 Å². The standard InChI is InChI=1S/C80H139NO8/c1-3-5-7-9-11-13-15-17-19-21-23-25-27-29-31-33-35-36-37-38-40-42-44-46-48-50-52-54-56-58-60-62-64-66-68-70-76(84)81-73(72-88-80-79(87)78(86)77(85)75(71-82)89-80)74(83)69-67-65-63-61-59-57-55-53-51-49-47-45-43-41-39-34-32-30-28-26-24-22-20-18-16-14-12-10-8-6-4-2/h5,7,11,13,17,19,23,25,29,31,35-36,38,40,44,46,50,52,56,58,73-75,77-80,82-83,85-87H,3-4,6,8-10,12,14-16,18,20-22,24,26-28,30,32-34,37,39,41-43,45,47-49,51,53-55,57,59-72H2,1-2H3,(H,81,84)/b7-5-,13-11-,19-17-,25-23-,31-29-,36-35-,40-38-,46-44-,52-50-,58-56-. The molecular weight excluding hydrogens is 1100 g/mol. The molecule has 0 aromatic carbocycles. The van der Waals surface area contributed by atoms with E-state index in [1.54, 1.807) is 0 Å². The van der Waals surface area contributed by atoms with Crippen molar-refractivity contribution >= 4 is 5.91 Å². The number of allylic oxidation sites excluding steroid dienone is 20. The van der Waals surface area contributed by atoms with Crippen LogP contribution in [0.3, 0.4) is 0 Å². The van der Waals surface area contributed by atoms with Gasteiger partial charge in [0, 0.05) is 6.42 Å². The predicted octanol–water partition coefficient (Wildman–Crippen LogP) is 21.0. The first-order valence-electron chi connectivity index (χ1n) is 37.2. The van der Waals surface area contributed by atoms with Crippen molar-refractivity contribution in [1.29, 1.82) is 0 Å². The van der Waals surface area contributed by atoms with Crippen LogP contribution in [0, 0.1) is 0 Å². The minimum atomic E-state index is -1.57. The maximum absolute atomic E-state index is 13.2. The maximum Gasteiger partial charge on any atom is 0.220 e. The fourth-order valence-corrected chi connectivity index (χ4v) is 11.3. The van der Waals surface area contributed by atoms with E-state index in [1.165, 1.54) is 180 Å². The second-order valence-electron chi connectivity index (χ2n) is 25.4. The third-order valence-corrected chi connectivity index (χ3v) is 17.1. The maximum atomic E-state index is 13.2. The molecule has 6 N–H and O–H groups in total. The van der Waals surface area contributed by atoms with Crippen LogP contribution >= 0.6 is 0 Å². The number of aliphatic hydroxyl groups is 5. The zero-order chi connectivity index (χ0) is 64.2. The minimum Gasteiger partial charge on any atom is -0.394 e. The summed E-state index contributed by atoms with van der Waals surface area (Å²) in [5.74, 6) is -0.169. The molecule has 0 spiro atoms. The van der Waals surface area contributed by atoms with Crippen LogP contribution in [0.4, 0.5) is 0 Å². The number of ether oxygens (including phenoxy) is 2. The number of unbranched alkanes of at least 4 members (excludes halogenated alkanes) is 34. The molecule has 1 heterocycles. The van der Waals surface area contributed by atoms with Crippen LogP contribution in [-0.2, 0) is 14.3 Å². The zero-order valence-electron chi connectivity index (χ0n) is 57.4. The van der Waals surface area contributed by atoms with E-state index in [1.807, 2.05) is 0 Å². The van der Waals surface area contributed by atoms with Crippen LogP contribution < -0.4 is 5.32 Å². The van der Waals surface area contributed by atoms with Gasteiger partial charge in [-0.25, -0.2) is 0 Å². The Morgan fingerprint density at radius 1 is 0.393 bits per heavy atom. The number of aliphatic hydroxyl groups excluding tert-OH is 5. The number of amides is 1. The first-order valence-corrected chi connectivity index (χ1v) is 37.2. The molecule has 7 unspecified atom stereocenters. The highest BCUT2D eigenvalue weighted by Crippen LogP contribution is 2.24. The lowest BCUT2D eigenvalue weighted by Crippen LogP contribution is -2.60. The first-order chi connectivity index (χ1) is 43.8. The van der Waals surface area contributed by atoms with Crippen molar-refractivity contribution in [1.82, 2.24) is 5.32 Å². The Kier molecular flexibility index (Phi) is 63.4. The van der Waals surface area contributed by atoms with Crippen LogP contribution in [0.5, 0.6) is 0 Å². The van der Waals surface area contributed by atoms with E-state index in [9.17, 15) is 30.3 Å². The third kappa shape index (κ3) is 55.9. The van der Waals surface area contributed by atoms with E-state index in [0.29, 0.717) is 12.8 Å². The Bertz CT molecular complexity index is 1830. The van der Waals surface area contributed by atoms with Gasteiger partial charge in [-0.1, -0.05) is 347 Å². The summed E-state index contributed by atoms with van der Waals surface area (Å²) in [6, 6.07) is -0.745. The van der Waals surface area contributed by atoms with Gasteiger partial charge >= 0.3 is 0 Å². The summed E-state index contributed by atoms with van der Waals surface area (Å²) >= 11 is 0. The molecule has 0 aromatic heterocycles. The summed E-state index contributed by atoms with van der Waals surface area (Å²) in [4.78, 5) is 13.2. The highest BCUT2D eigenvalue weighted by atomic mass is 16.7. The fraction of sp³-hybridized carbons (Fsp3) is 0.738. The lowest BCUT2D eigenvalue weighted by atomic mass is 9.99. The minimum absolute atomic E-state index is 0.155. The van der Waals surface area contributed by atoms with Gasteiger partial charge in [0.2, 0.25) is 5.91 Å². The van der Waals surface area contributed by atoms with Gasteiger partial charge in [0.05, 0.1) is 25.4 Å². The summed E-state index contributed by atoms with van der Waals surface area (Å²) < 4.78 is 11.4. The van der Waals surface area contributed by atoms with Gasteiger partial charge in [0.25, 0.3) is 0 Å². The number of nitrogens with one attached hydrogen (secondary N) is 1. The second-order valence-corrected chi connectivity index (χ2v) is 25.4. The highest BCUT2D eigenvalue weighted by molar-refractivity contribution is 5.76. The van der Waals surface area contributed by atoms with Crippen LogP contribution in [0.15, 0.2) is 122 Å². The lowest BCUT2D eigenvalue weighted by molar-refractivity contribution is -0.302. The van der Waals surface area contributed by atoms with Crippen molar-refractivity contribution in [2.75, 3.05) is 13.2 Å². The molecule has 1 saturated heterocycles. The van der Waals surface area contributed by atoms with E-state index in [4.69, 9.17) is 9.47 Å². The van der Waals surface area contributed by atoms with Gasteiger partial charge in [-0.05, 0) is 89.9 Å². The van der Waals surface area contributed by atoms with Crippen molar-refractivity contribution in [2.24, 2.45) is 0 Å². The molecule has 0 radical (unpaired) electrons. The number of rotatable bonds is 64. The molecule has 89 heavy (non-hydrogen) atoms. The Morgan fingerprint density at radius 3 is 1.03 bits per heavy atom. The fourth-order valence-electron chi connectivity index (χ4n) is 11.3. The Balaban J connectivity index is 2.15. The van der Waals surface area contributed by atoms with Crippen LogP contribution in [0.1, 0.15) is 322 Å². The molecule has 7 atom stereocenters. The van der Waals surface area contributed by atoms with Gasteiger partial charge < -0.3 is 40.3 Å². The number of hydrogen-bond donors (Lipinski definition) is 6. The molecule has 1 aliphatic rings. The van der Waals surface area contributed by atoms with E-state index >= 15 is 0 Å². The summed E-state index contributed by atoms with van der Waals surface area (Å²) in [6.45, 7) is 3.74. The lowest BCUT2D eigenvalue weighted by Gasteiger charge is -2.40. The van der Waals surface area contributed by atoms with Crippen LogP contribution in [-0.4, -0.2) is 87.5 Å². The van der Waals surface area contributed by atoms with E-state index in [2.05, 4.69) is 141 Å². The molecule has 0 aliphatic carbocycles. The summed E-state index contributed by atoms with van der Waals surface area (Å²) in [5.41, 5.74) is 0. The number of carbonyl (C=O) groups excluding carboxylic acids is 1. The average Bonchev–Trinajstić information content (AvgIpc) is 2.28. The summed E-state index contributed by atoms with van der Waals surface area (Å²) in [5, 5.41) is 55.0. The van der Waals surface area contributed by atoms with Crippen LogP contribution in [0.25, 0.3) is 0 Å². The van der Waals surface area contributed by atoms with Gasteiger partial charge in [-0.15, -0.1) is 0 Å². The Labute approximate surface area is 548 Å². The third-order valence-electron chi connectivity index (χ3n) is 17.1. The molecule has 1 fully saturated rings. The molecule has 1 rings (SSSR count).